The first-order chi connectivity index (χ1) is 12.9. The quantitative estimate of drug-likeness (QED) is 0.367. The van der Waals surface area contributed by atoms with Gasteiger partial charge in [-0.1, -0.05) is 18.2 Å². The van der Waals surface area contributed by atoms with Gasteiger partial charge in [0.25, 0.3) is 11.6 Å². The standard InChI is InChI=1S/C18H19N3O6/c1-12(17(23)20-13-5-3-2-4-6-13)27-18(24)15-11-14(21(25)26)7-8-16(15)19-9-10-22/h2-8,11-12,19,22H,9-10H2,1H3,(H,20,23)/t12-/m1/s1. The van der Waals surface area contributed by atoms with Crippen molar-refractivity contribution in [2.45, 2.75) is 13.0 Å². The predicted octanol–water partition coefficient (Wildman–Crippen LogP) is 2.18. The van der Waals surface area contributed by atoms with Crippen molar-refractivity contribution in [2.24, 2.45) is 0 Å². The summed E-state index contributed by atoms with van der Waals surface area (Å²) in [4.78, 5) is 34.9. The van der Waals surface area contributed by atoms with Crippen LogP contribution in [-0.4, -0.2) is 41.2 Å². The number of non-ortho nitro benzene ring substituents is 1. The smallest absolute Gasteiger partial charge is 0.341 e. The van der Waals surface area contributed by atoms with E-state index in [1.165, 1.54) is 19.1 Å². The number of nitrogens with zero attached hydrogens (tertiary/aromatic N) is 1. The van der Waals surface area contributed by atoms with Crippen LogP contribution in [-0.2, 0) is 9.53 Å². The number of aliphatic hydroxyl groups excluding tert-OH is 1. The third-order valence-corrected chi connectivity index (χ3v) is 3.56. The van der Waals surface area contributed by atoms with Crippen LogP contribution in [0.5, 0.6) is 0 Å². The van der Waals surface area contributed by atoms with E-state index in [0.29, 0.717) is 5.69 Å². The second kappa shape index (κ2) is 9.30. The first kappa shape index (κ1) is 19.9. The van der Waals surface area contributed by atoms with Crippen molar-refractivity contribution in [3.05, 3.63) is 64.2 Å². The minimum Gasteiger partial charge on any atom is -0.449 e. The number of carbonyl (C=O) groups excluding carboxylic acids is 2. The first-order valence-corrected chi connectivity index (χ1v) is 8.12. The van der Waals surface area contributed by atoms with Crippen molar-refractivity contribution in [1.29, 1.82) is 0 Å². The molecule has 2 aromatic carbocycles. The number of para-hydroxylation sites is 1. The van der Waals surface area contributed by atoms with Gasteiger partial charge in [-0.05, 0) is 25.1 Å². The Hall–Kier alpha value is -3.46. The SMILES string of the molecule is C[C@@H](OC(=O)c1cc([N+](=O)[O-])ccc1NCCO)C(=O)Nc1ccccc1. The molecule has 0 spiro atoms. The molecule has 142 valence electrons. The van der Waals surface area contributed by atoms with Crippen LogP contribution in [0.25, 0.3) is 0 Å². The second-order valence-corrected chi connectivity index (χ2v) is 5.54. The lowest BCUT2D eigenvalue weighted by Crippen LogP contribution is -2.30. The number of esters is 1. The van der Waals surface area contributed by atoms with E-state index in [1.807, 2.05) is 0 Å². The predicted molar refractivity (Wildman–Crippen MR) is 98.6 cm³/mol. The molecule has 2 rings (SSSR count). The lowest BCUT2D eigenvalue weighted by atomic mass is 10.1. The Labute approximate surface area is 155 Å². The number of anilines is 2. The van der Waals surface area contributed by atoms with Crippen LogP contribution in [0.1, 0.15) is 17.3 Å². The highest BCUT2D eigenvalue weighted by atomic mass is 16.6. The third-order valence-electron chi connectivity index (χ3n) is 3.56. The number of nitrogens with one attached hydrogen (secondary N) is 2. The molecule has 0 bridgehead atoms. The minimum absolute atomic E-state index is 0.1000. The molecule has 0 saturated heterocycles. The molecule has 0 aliphatic rings. The summed E-state index contributed by atoms with van der Waals surface area (Å²) >= 11 is 0. The van der Waals surface area contributed by atoms with Gasteiger partial charge in [-0.2, -0.15) is 0 Å². The molecular weight excluding hydrogens is 354 g/mol. The lowest BCUT2D eigenvalue weighted by molar-refractivity contribution is -0.384. The Bertz CT molecular complexity index is 825. The van der Waals surface area contributed by atoms with Crippen LogP contribution in [0.4, 0.5) is 17.1 Å². The Morgan fingerprint density at radius 3 is 2.56 bits per heavy atom. The number of carbonyl (C=O) groups is 2. The van der Waals surface area contributed by atoms with E-state index < -0.39 is 22.9 Å². The van der Waals surface area contributed by atoms with Crippen molar-refractivity contribution in [1.82, 2.24) is 0 Å². The van der Waals surface area contributed by atoms with Gasteiger partial charge >= 0.3 is 5.97 Å². The fourth-order valence-electron chi connectivity index (χ4n) is 2.20. The molecule has 0 heterocycles. The van der Waals surface area contributed by atoms with E-state index in [4.69, 9.17) is 9.84 Å². The monoisotopic (exact) mass is 373 g/mol. The maximum atomic E-state index is 12.4. The van der Waals surface area contributed by atoms with Crippen LogP contribution in [0.2, 0.25) is 0 Å². The second-order valence-electron chi connectivity index (χ2n) is 5.54. The van der Waals surface area contributed by atoms with Crippen LogP contribution >= 0.6 is 0 Å². The number of benzene rings is 2. The molecule has 0 aliphatic carbocycles. The number of rotatable bonds is 8. The molecule has 0 radical (unpaired) electrons. The fourth-order valence-corrected chi connectivity index (χ4v) is 2.20. The average molecular weight is 373 g/mol. The van der Waals surface area contributed by atoms with Crippen molar-refractivity contribution >= 4 is 28.9 Å². The van der Waals surface area contributed by atoms with Crippen molar-refractivity contribution in [3.63, 3.8) is 0 Å². The van der Waals surface area contributed by atoms with Crippen molar-refractivity contribution in [2.75, 3.05) is 23.8 Å². The summed E-state index contributed by atoms with van der Waals surface area (Å²) in [5.41, 5.74) is 0.413. The summed E-state index contributed by atoms with van der Waals surface area (Å²) in [5.74, 6) is -1.43. The largest absolute Gasteiger partial charge is 0.449 e. The Morgan fingerprint density at radius 1 is 1.22 bits per heavy atom. The highest BCUT2D eigenvalue weighted by molar-refractivity contribution is 6.00. The summed E-state index contributed by atoms with van der Waals surface area (Å²) in [5, 5.41) is 25.3. The van der Waals surface area contributed by atoms with Crippen molar-refractivity contribution < 1.29 is 24.4 Å². The molecule has 0 fully saturated rings. The van der Waals surface area contributed by atoms with Crippen LogP contribution in [0.15, 0.2) is 48.5 Å². The summed E-state index contributed by atoms with van der Waals surface area (Å²) in [6.45, 7) is 1.35. The van der Waals surface area contributed by atoms with Gasteiger partial charge in [0.15, 0.2) is 6.10 Å². The van der Waals surface area contributed by atoms with E-state index >= 15 is 0 Å². The van der Waals surface area contributed by atoms with Crippen LogP contribution < -0.4 is 10.6 Å². The number of hydrogen-bond donors (Lipinski definition) is 3. The summed E-state index contributed by atoms with van der Waals surface area (Å²) in [6.07, 6.45) is -1.12. The van der Waals surface area contributed by atoms with Gasteiger partial charge in [-0.15, -0.1) is 0 Å². The van der Waals surface area contributed by atoms with Crippen LogP contribution in [0.3, 0.4) is 0 Å². The molecule has 0 aliphatic heterocycles. The van der Waals surface area contributed by atoms with E-state index in [-0.39, 0.29) is 30.1 Å². The number of nitro benzene ring substituents is 1. The van der Waals surface area contributed by atoms with E-state index in [9.17, 15) is 19.7 Å². The van der Waals surface area contributed by atoms with Crippen molar-refractivity contribution in [3.8, 4) is 0 Å². The zero-order valence-corrected chi connectivity index (χ0v) is 14.5. The molecule has 9 nitrogen and oxygen atoms in total. The number of ether oxygens (including phenoxy) is 1. The molecule has 0 aromatic heterocycles. The van der Waals surface area contributed by atoms with Gasteiger partial charge in [0.05, 0.1) is 17.1 Å². The van der Waals surface area contributed by atoms with E-state index in [0.717, 1.165) is 6.07 Å². The van der Waals surface area contributed by atoms with Gasteiger partial charge in [0.1, 0.15) is 0 Å². The Balaban J connectivity index is 2.14. The molecule has 1 amide bonds. The molecule has 0 saturated carbocycles. The van der Waals surface area contributed by atoms with Gasteiger partial charge < -0.3 is 20.5 Å². The number of nitro groups is 1. The molecule has 3 N–H and O–H groups in total. The summed E-state index contributed by atoms with van der Waals surface area (Å²) < 4.78 is 5.15. The number of amides is 1. The van der Waals surface area contributed by atoms with Gasteiger partial charge in [-0.3, -0.25) is 14.9 Å². The molecule has 0 unspecified atom stereocenters. The highest BCUT2D eigenvalue weighted by Gasteiger charge is 2.23. The van der Waals surface area contributed by atoms with Crippen LogP contribution in [0, 0.1) is 10.1 Å². The van der Waals surface area contributed by atoms with Gasteiger partial charge in [0.2, 0.25) is 0 Å². The van der Waals surface area contributed by atoms with Gasteiger partial charge in [-0.25, -0.2) is 4.79 Å². The van der Waals surface area contributed by atoms with Gasteiger partial charge in [0, 0.05) is 30.1 Å². The number of aliphatic hydroxyl groups is 1. The Kier molecular flexibility index (Phi) is 6.84. The average Bonchev–Trinajstić information content (AvgIpc) is 2.66. The molecule has 1 atom stereocenters. The maximum Gasteiger partial charge on any atom is 0.341 e. The fraction of sp³-hybridized carbons (Fsp3) is 0.222. The first-order valence-electron chi connectivity index (χ1n) is 8.12. The molecule has 2 aromatic rings. The summed E-state index contributed by atoms with van der Waals surface area (Å²) in [6, 6.07) is 12.3. The van der Waals surface area contributed by atoms with E-state index in [1.54, 1.807) is 30.3 Å². The summed E-state index contributed by atoms with van der Waals surface area (Å²) in [7, 11) is 0. The van der Waals surface area contributed by atoms with E-state index in [2.05, 4.69) is 10.6 Å². The maximum absolute atomic E-state index is 12.4. The minimum atomic E-state index is -1.12. The molecular formula is C18H19N3O6. The normalized spacial score (nSPS) is 11.3. The zero-order valence-electron chi connectivity index (χ0n) is 14.5. The molecule has 9 heteroatoms. The molecule has 27 heavy (non-hydrogen) atoms. The number of hydrogen-bond acceptors (Lipinski definition) is 7. The Morgan fingerprint density at radius 2 is 1.93 bits per heavy atom. The highest BCUT2D eigenvalue weighted by Crippen LogP contribution is 2.23. The lowest BCUT2D eigenvalue weighted by Gasteiger charge is -2.15. The third kappa shape index (κ3) is 5.51. The zero-order chi connectivity index (χ0) is 19.8. The topological polar surface area (TPSA) is 131 Å².